The predicted molar refractivity (Wildman–Crippen MR) is 80.9 cm³/mol. The third kappa shape index (κ3) is 3.45. The zero-order chi connectivity index (χ0) is 16.4. The van der Waals surface area contributed by atoms with Crippen molar-refractivity contribution in [2.45, 2.75) is 19.1 Å². The molecule has 2 atom stereocenters. The molecule has 1 aromatic heterocycles. The summed E-state index contributed by atoms with van der Waals surface area (Å²) in [5, 5.41) is 8.87. The summed E-state index contributed by atoms with van der Waals surface area (Å²) >= 11 is 0. The Balaban J connectivity index is 1.80. The molecule has 1 aliphatic heterocycles. The number of carboxylic acids is 1. The second kappa shape index (κ2) is 6.29. The SMILES string of the molecule is CC1CN(c2cnc(C(=O)O)cn2)CC(c2ccc(F)cc2)O1. The number of nitrogens with zero attached hydrogens (tertiary/aromatic N) is 3. The van der Waals surface area contributed by atoms with Crippen LogP contribution < -0.4 is 4.90 Å². The Hall–Kier alpha value is -2.54. The molecule has 2 unspecified atom stereocenters. The minimum atomic E-state index is -1.11. The fraction of sp³-hybridized carbons (Fsp3) is 0.312. The van der Waals surface area contributed by atoms with Crippen LogP contribution in [0, 0.1) is 5.82 Å². The van der Waals surface area contributed by atoms with Crippen molar-refractivity contribution in [1.82, 2.24) is 9.97 Å². The Kier molecular flexibility index (Phi) is 4.20. The topological polar surface area (TPSA) is 75.6 Å². The Bertz CT molecular complexity index is 691. The molecular weight excluding hydrogens is 301 g/mol. The third-order valence-electron chi connectivity index (χ3n) is 3.68. The Labute approximate surface area is 132 Å². The van der Waals surface area contributed by atoms with Crippen LogP contribution in [0.4, 0.5) is 10.2 Å². The molecule has 3 rings (SSSR count). The summed E-state index contributed by atoms with van der Waals surface area (Å²) in [6, 6.07) is 6.22. The number of benzene rings is 1. The van der Waals surface area contributed by atoms with E-state index in [2.05, 4.69) is 9.97 Å². The Morgan fingerprint density at radius 3 is 2.61 bits per heavy atom. The summed E-state index contributed by atoms with van der Waals surface area (Å²) in [5.41, 5.74) is 0.795. The molecule has 23 heavy (non-hydrogen) atoms. The number of morpholine rings is 1. The third-order valence-corrected chi connectivity index (χ3v) is 3.68. The molecule has 1 saturated heterocycles. The van der Waals surface area contributed by atoms with Crippen LogP contribution in [0.15, 0.2) is 36.7 Å². The normalized spacial score (nSPS) is 21.2. The monoisotopic (exact) mass is 317 g/mol. The first-order chi connectivity index (χ1) is 11.0. The highest BCUT2D eigenvalue weighted by Gasteiger charge is 2.27. The summed E-state index contributed by atoms with van der Waals surface area (Å²) in [4.78, 5) is 20.9. The molecule has 0 bridgehead atoms. The van der Waals surface area contributed by atoms with Crippen LogP contribution in [0.3, 0.4) is 0 Å². The molecule has 2 aromatic rings. The lowest BCUT2D eigenvalue weighted by atomic mass is 10.1. The number of aromatic carboxylic acids is 1. The Morgan fingerprint density at radius 1 is 1.26 bits per heavy atom. The lowest BCUT2D eigenvalue weighted by Crippen LogP contribution is -2.43. The summed E-state index contributed by atoms with van der Waals surface area (Å²) in [5.74, 6) is -0.801. The minimum absolute atomic E-state index is 0.0419. The van der Waals surface area contributed by atoms with Gasteiger partial charge in [-0.1, -0.05) is 12.1 Å². The molecule has 120 valence electrons. The van der Waals surface area contributed by atoms with Crippen LogP contribution in [-0.2, 0) is 4.74 Å². The molecule has 7 heteroatoms. The quantitative estimate of drug-likeness (QED) is 0.936. The van der Waals surface area contributed by atoms with Crippen LogP contribution in [0.25, 0.3) is 0 Å². The molecule has 6 nitrogen and oxygen atoms in total. The Morgan fingerprint density at radius 2 is 2.00 bits per heavy atom. The van der Waals surface area contributed by atoms with E-state index in [0.717, 1.165) is 5.56 Å². The second-order valence-electron chi connectivity index (χ2n) is 5.46. The van der Waals surface area contributed by atoms with Crippen molar-refractivity contribution < 1.29 is 19.0 Å². The van der Waals surface area contributed by atoms with Gasteiger partial charge in [0.1, 0.15) is 17.7 Å². The number of hydrogen-bond acceptors (Lipinski definition) is 5. The van der Waals surface area contributed by atoms with E-state index >= 15 is 0 Å². The molecule has 2 heterocycles. The molecule has 0 radical (unpaired) electrons. The van der Waals surface area contributed by atoms with Crippen molar-refractivity contribution in [2.75, 3.05) is 18.0 Å². The van der Waals surface area contributed by atoms with Crippen LogP contribution in [0.5, 0.6) is 0 Å². The average Bonchev–Trinajstić information content (AvgIpc) is 2.55. The van der Waals surface area contributed by atoms with Gasteiger partial charge in [0.15, 0.2) is 5.69 Å². The predicted octanol–water partition coefficient (Wildman–Crippen LogP) is 2.28. The van der Waals surface area contributed by atoms with E-state index in [1.807, 2.05) is 11.8 Å². The van der Waals surface area contributed by atoms with E-state index in [1.54, 1.807) is 12.1 Å². The molecular formula is C16H16FN3O3. The number of carbonyl (C=O) groups is 1. The molecule has 0 aliphatic carbocycles. The van der Waals surface area contributed by atoms with Crippen molar-refractivity contribution in [2.24, 2.45) is 0 Å². The molecule has 0 amide bonds. The van der Waals surface area contributed by atoms with Gasteiger partial charge in [0.25, 0.3) is 0 Å². The zero-order valence-corrected chi connectivity index (χ0v) is 12.5. The maximum atomic E-state index is 13.1. The van der Waals surface area contributed by atoms with Crippen molar-refractivity contribution in [3.05, 3.63) is 53.7 Å². The van der Waals surface area contributed by atoms with Gasteiger partial charge < -0.3 is 14.7 Å². The molecule has 1 aliphatic rings. The zero-order valence-electron chi connectivity index (χ0n) is 12.5. The fourth-order valence-corrected chi connectivity index (χ4v) is 2.59. The number of rotatable bonds is 3. The highest BCUT2D eigenvalue weighted by atomic mass is 19.1. The summed E-state index contributed by atoms with van der Waals surface area (Å²) in [6.07, 6.45) is 2.44. The number of halogens is 1. The van der Waals surface area contributed by atoms with Crippen molar-refractivity contribution in [1.29, 1.82) is 0 Å². The summed E-state index contributed by atoms with van der Waals surface area (Å²) in [6.45, 7) is 3.11. The molecule has 0 spiro atoms. The van der Waals surface area contributed by atoms with Gasteiger partial charge in [0.05, 0.1) is 18.5 Å². The van der Waals surface area contributed by atoms with Crippen LogP contribution in [0.1, 0.15) is 29.1 Å². The number of hydrogen-bond donors (Lipinski definition) is 1. The van der Waals surface area contributed by atoms with Gasteiger partial charge >= 0.3 is 5.97 Å². The van der Waals surface area contributed by atoms with Gasteiger partial charge in [0, 0.05) is 13.1 Å². The van der Waals surface area contributed by atoms with Crippen LogP contribution in [-0.4, -0.2) is 40.2 Å². The number of anilines is 1. The highest BCUT2D eigenvalue weighted by molar-refractivity contribution is 5.84. The highest BCUT2D eigenvalue weighted by Crippen LogP contribution is 2.27. The van der Waals surface area contributed by atoms with E-state index in [-0.39, 0.29) is 23.7 Å². The second-order valence-corrected chi connectivity index (χ2v) is 5.46. The van der Waals surface area contributed by atoms with Crippen molar-refractivity contribution in [3.63, 3.8) is 0 Å². The van der Waals surface area contributed by atoms with Crippen molar-refractivity contribution >= 4 is 11.8 Å². The van der Waals surface area contributed by atoms with Gasteiger partial charge in [-0.3, -0.25) is 0 Å². The fourth-order valence-electron chi connectivity index (χ4n) is 2.59. The largest absolute Gasteiger partial charge is 0.476 e. The standard InChI is InChI=1S/C16H16FN3O3/c1-10-8-20(15-7-18-13(6-19-15)16(21)22)9-14(23-10)11-2-4-12(17)5-3-11/h2-7,10,14H,8-9H2,1H3,(H,21,22). The van der Waals surface area contributed by atoms with E-state index in [0.29, 0.717) is 18.9 Å². The number of aromatic nitrogens is 2. The average molecular weight is 317 g/mol. The minimum Gasteiger partial charge on any atom is -0.476 e. The van der Waals surface area contributed by atoms with Gasteiger partial charge in [-0.15, -0.1) is 0 Å². The van der Waals surface area contributed by atoms with Crippen molar-refractivity contribution in [3.8, 4) is 0 Å². The van der Waals surface area contributed by atoms with Gasteiger partial charge in [0.2, 0.25) is 0 Å². The number of carboxylic acid groups (broad SMARTS) is 1. The lowest BCUT2D eigenvalue weighted by Gasteiger charge is -2.37. The van der Waals surface area contributed by atoms with E-state index in [9.17, 15) is 9.18 Å². The lowest BCUT2D eigenvalue weighted by molar-refractivity contribution is -0.0176. The molecule has 1 fully saturated rings. The van der Waals surface area contributed by atoms with Crippen LogP contribution in [0.2, 0.25) is 0 Å². The first-order valence-electron chi connectivity index (χ1n) is 7.24. The smallest absolute Gasteiger partial charge is 0.356 e. The first-order valence-corrected chi connectivity index (χ1v) is 7.24. The van der Waals surface area contributed by atoms with Gasteiger partial charge in [-0.2, -0.15) is 0 Å². The molecule has 0 saturated carbocycles. The summed E-state index contributed by atoms with van der Waals surface area (Å²) < 4.78 is 19.0. The maximum absolute atomic E-state index is 13.1. The van der Waals surface area contributed by atoms with Crippen LogP contribution >= 0.6 is 0 Å². The van der Waals surface area contributed by atoms with Gasteiger partial charge in [-0.05, 0) is 24.6 Å². The van der Waals surface area contributed by atoms with E-state index in [1.165, 1.54) is 24.5 Å². The number of ether oxygens (including phenoxy) is 1. The molecule has 1 aromatic carbocycles. The molecule has 1 N–H and O–H groups in total. The summed E-state index contributed by atoms with van der Waals surface area (Å²) in [7, 11) is 0. The van der Waals surface area contributed by atoms with E-state index < -0.39 is 5.97 Å². The van der Waals surface area contributed by atoms with E-state index in [4.69, 9.17) is 9.84 Å². The maximum Gasteiger partial charge on any atom is 0.356 e. The van der Waals surface area contributed by atoms with Gasteiger partial charge in [-0.25, -0.2) is 19.2 Å². The first kappa shape index (κ1) is 15.4.